The van der Waals surface area contributed by atoms with Crippen LogP contribution >= 0.6 is 11.6 Å². The topological polar surface area (TPSA) is 124 Å². The zero-order chi connectivity index (χ0) is 38.2. The van der Waals surface area contributed by atoms with Crippen molar-refractivity contribution in [3.05, 3.63) is 116 Å². The molecule has 2 fully saturated rings. The molecule has 54 heavy (non-hydrogen) atoms. The number of hydrogen-bond donors (Lipinski definition) is 0. The fourth-order valence-electron chi connectivity index (χ4n) is 6.75. The summed E-state index contributed by atoms with van der Waals surface area (Å²) in [6.07, 6.45) is 0. The number of anilines is 4. The number of hydrazine groups is 1. The number of nitro groups is 2. The summed E-state index contributed by atoms with van der Waals surface area (Å²) < 4.78 is 12.4. The minimum absolute atomic E-state index is 0.0959. The third kappa shape index (κ3) is 9.61. The summed E-state index contributed by atoms with van der Waals surface area (Å²) in [6.45, 7) is 8.81. The lowest BCUT2D eigenvalue weighted by molar-refractivity contribution is -0.384. The van der Waals surface area contributed by atoms with E-state index in [0.29, 0.717) is 16.5 Å². The number of benzene rings is 4. The lowest BCUT2D eigenvalue weighted by atomic mass is 10.1. The summed E-state index contributed by atoms with van der Waals surface area (Å²) in [4.78, 5) is 33.7. The average Bonchev–Trinajstić information content (AvgIpc) is 3.16. The van der Waals surface area contributed by atoms with Crippen molar-refractivity contribution >= 4 is 45.7 Å². The summed E-state index contributed by atoms with van der Waals surface area (Å²) >= 11 is 6.12. The van der Waals surface area contributed by atoms with E-state index in [0.717, 1.165) is 69.3 Å². The smallest absolute Gasteiger partial charge is 0.294 e. The van der Waals surface area contributed by atoms with Gasteiger partial charge in [0, 0.05) is 80.9 Å². The summed E-state index contributed by atoms with van der Waals surface area (Å²) in [6, 6.07) is 24.8. The van der Waals surface area contributed by atoms with Gasteiger partial charge in [-0.05, 0) is 87.2 Å². The second-order valence-corrected chi connectivity index (χ2v) is 14.1. The molecule has 0 aliphatic carbocycles. The molecule has 4 aromatic carbocycles. The summed E-state index contributed by atoms with van der Waals surface area (Å²) in [5, 5.41) is 29.6. The number of likely N-dealkylation sites (N-methyl/N-ethyl adjacent to an activating group) is 2. The van der Waals surface area contributed by atoms with E-state index in [1.165, 1.54) is 12.1 Å². The third-order valence-electron chi connectivity index (χ3n) is 9.84. The van der Waals surface area contributed by atoms with Crippen molar-refractivity contribution in [3.63, 3.8) is 0 Å². The summed E-state index contributed by atoms with van der Waals surface area (Å²) in [5.74, 6) is 1.22. The first-order valence-corrected chi connectivity index (χ1v) is 18.5. The zero-order valence-corrected chi connectivity index (χ0v) is 31.7. The van der Waals surface area contributed by atoms with Gasteiger partial charge >= 0.3 is 0 Å². The molecule has 15 heteroatoms. The van der Waals surface area contributed by atoms with Gasteiger partial charge in [-0.15, -0.1) is 0 Å². The Balaban J connectivity index is 1.46. The van der Waals surface area contributed by atoms with Crippen LogP contribution in [-0.2, 0) is 0 Å². The first-order valence-electron chi connectivity index (χ1n) is 18.1. The van der Waals surface area contributed by atoms with Crippen LogP contribution in [0.4, 0.5) is 34.1 Å². The Labute approximate surface area is 320 Å². The third-order valence-corrected chi connectivity index (χ3v) is 10.1. The van der Waals surface area contributed by atoms with Crippen LogP contribution in [0, 0.1) is 27.2 Å². The largest absolute Gasteiger partial charge is 0.492 e. The van der Waals surface area contributed by atoms with Crippen LogP contribution in [0.25, 0.3) is 0 Å². The second kappa shape index (κ2) is 17.7. The Hall–Kier alpha value is -5.31. The van der Waals surface area contributed by atoms with Crippen molar-refractivity contribution in [1.29, 1.82) is 0 Å². The molecule has 2 aliphatic heterocycles. The van der Waals surface area contributed by atoms with E-state index >= 15 is 0 Å². The lowest BCUT2D eigenvalue weighted by Gasteiger charge is -2.39. The van der Waals surface area contributed by atoms with Crippen molar-refractivity contribution in [3.8, 4) is 11.5 Å². The lowest BCUT2D eigenvalue weighted by Crippen LogP contribution is -2.48. The highest BCUT2D eigenvalue weighted by atomic mass is 35.5. The highest BCUT2D eigenvalue weighted by Crippen LogP contribution is 2.39. The fourth-order valence-corrected chi connectivity index (χ4v) is 6.87. The average molecular weight is 759 g/mol. The minimum atomic E-state index is -0.410. The molecule has 14 nitrogen and oxygen atoms in total. The maximum absolute atomic E-state index is 12.8. The molecule has 0 spiro atoms. The van der Waals surface area contributed by atoms with Crippen LogP contribution in [-0.4, -0.2) is 112 Å². The monoisotopic (exact) mass is 758 g/mol. The number of rotatable bonds is 15. The van der Waals surface area contributed by atoms with Gasteiger partial charge < -0.3 is 29.1 Å². The van der Waals surface area contributed by atoms with Crippen LogP contribution in [0.15, 0.2) is 84.9 Å². The quantitative estimate of drug-likeness (QED) is 0.0991. The molecule has 0 aromatic heterocycles. The van der Waals surface area contributed by atoms with E-state index in [1.807, 2.05) is 43.3 Å². The Morgan fingerprint density at radius 3 is 1.54 bits per heavy atom. The number of halogens is 1. The van der Waals surface area contributed by atoms with E-state index in [2.05, 4.69) is 33.7 Å². The molecule has 0 bridgehead atoms. The first kappa shape index (κ1) is 38.4. The molecule has 2 heterocycles. The molecule has 0 radical (unpaired) electrons. The summed E-state index contributed by atoms with van der Waals surface area (Å²) in [7, 11) is 4.14. The van der Waals surface area contributed by atoms with Gasteiger partial charge in [-0.3, -0.25) is 30.2 Å². The van der Waals surface area contributed by atoms with Crippen LogP contribution in [0.2, 0.25) is 5.02 Å². The summed E-state index contributed by atoms with van der Waals surface area (Å²) in [5.41, 5.74) is 2.97. The molecule has 2 saturated heterocycles. The number of hydrogen-bond acceptors (Lipinski definition) is 12. The first-order chi connectivity index (χ1) is 26.0. The molecule has 0 amide bonds. The number of nitro benzene ring substituents is 2. The van der Waals surface area contributed by atoms with Crippen LogP contribution in [0.1, 0.15) is 5.56 Å². The van der Waals surface area contributed by atoms with E-state index < -0.39 is 9.85 Å². The highest BCUT2D eigenvalue weighted by molar-refractivity contribution is 6.30. The fraction of sp³-hybridized carbons (Fsp3) is 0.385. The molecule has 0 unspecified atom stereocenters. The standard InChI is InChI=1S/C39H47ClN8O6/c1-30-5-4-6-35(27-30)54-26-24-46(39-29-33(10-14-37(39)48(51)52)44-21-17-42(3)18-22-44)45(23-25-53-34-11-7-31(40)8-12-34)38-28-32(9-13-36(38)47(49)50)43-19-15-41(2)16-20-43/h4-14,27-29H,15-26H2,1-3H3. The zero-order valence-electron chi connectivity index (χ0n) is 31.0. The van der Waals surface area contributed by atoms with Gasteiger partial charge in [0.25, 0.3) is 11.4 Å². The molecule has 2 aliphatic rings. The minimum Gasteiger partial charge on any atom is -0.492 e. The van der Waals surface area contributed by atoms with Gasteiger partial charge in [0.05, 0.1) is 22.9 Å². The molecule has 286 valence electrons. The van der Waals surface area contributed by atoms with Crippen LogP contribution < -0.4 is 29.3 Å². The van der Waals surface area contributed by atoms with Gasteiger partial charge in [-0.1, -0.05) is 23.7 Å². The Kier molecular flexibility index (Phi) is 12.6. The number of ether oxygens (including phenoxy) is 2. The van der Waals surface area contributed by atoms with E-state index in [-0.39, 0.29) is 49.1 Å². The second-order valence-electron chi connectivity index (χ2n) is 13.7. The number of piperazine rings is 2. The highest BCUT2D eigenvalue weighted by Gasteiger charge is 2.32. The van der Waals surface area contributed by atoms with E-state index in [9.17, 15) is 20.2 Å². The van der Waals surface area contributed by atoms with E-state index in [1.54, 1.807) is 46.4 Å². The normalized spacial score (nSPS) is 15.2. The van der Waals surface area contributed by atoms with Gasteiger partial charge in [0.2, 0.25) is 0 Å². The van der Waals surface area contributed by atoms with Gasteiger partial charge in [0.15, 0.2) is 0 Å². The van der Waals surface area contributed by atoms with Gasteiger partial charge in [0.1, 0.15) is 36.1 Å². The molecule has 0 atom stereocenters. The molecule has 6 rings (SSSR count). The Morgan fingerprint density at radius 2 is 1.09 bits per heavy atom. The van der Waals surface area contributed by atoms with Gasteiger partial charge in [-0.25, -0.2) is 0 Å². The maximum atomic E-state index is 12.8. The Bertz CT molecular complexity index is 1900. The van der Waals surface area contributed by atoms with Crippen LogP contribution in [0.5, 0.6) is 11.5 Å². The van der Waals surface area contributed by atoms with Crippen molar-refractivity contribution in [2.75, 3.05) is 113 Å². The molecule has 4 aromatic rings. The predicted molar refractivity (Wildman–Crippen MR) is 214 cm³/mol. The van der Waals surface area contributed by atoms with Gasteiger partial charge in [-0.2, -0.15) is 0 Å². The van der Waals surface area contributed by atoms with Crippen molar-refractivity contribution in [1.82, 2.24) is 9.80 Å². The van der Waals surface area contributed by atoms with Crippen molar-refractivity contribution in [2.45, 2.75) is 6.92 Å². The predicted octanol–water partition coefficient (Wildman–Crippen LogP) is 6.35. The SMILES string of the molecule is Cc1cccc(OCCN(c2cc(N3CCN(C)CC3)ccc2[N+](=O)[O-])N(CCOc2ccc(Cl)cc2)c2cc(N3CCN(C)CC3)ccc2[N+](=O)[O-])c1. The number of aryl methyl sites for hydroxylation is 1. The van der Waals surface area contributed by atoms with Crippen LogP contribution in [0.3, 0.4) is 0 Å². The number of nitrogens with zero attached hydrogens (tertiary/aromatic N) is 8. The molecule has 0 N–H and O–H groups in total. The van der Waals surface area contributed by atoms with E-state index in [4.69, 9.17) is 21.1 Å². The Morgan fingerprint density at radius 1 is 0.630 bits per heavy atom. The molecular formula is C39H47ClN8O6. The molecular weight excluding hydrogens is 712 g/mol. The maximum Gasteiger partial charge on any atom is 0.294 e. The molecule has 0 saturated carbocycles. The van der Waals surface area contributed by atoms with Crippen molar-refractivity contribution < 1.29 is 19.3 Å². The van der Waals surface area contributed by atoms with Crippen molar-refractivity contribution in [2.24, 2.45) is 0 Å².